The second-order valence-corrected chi connectivity index (χ2v) is 2.76. The fraction of sp³-hybridized carbons (Fsp3) is 0.625. The number of hydrogen-bond acceptors (Lipinski definition) is 3. The van der Waals surface area contributed by atoms with Gasteiger partial charge in [-0.3, -0.25) is 4.99 Å². The van der Waals surface area contributed by atoms with E-state index in [1.54, 1.807) is 0 Å². The van der Waals surface area contributed by atoms with Crippen molar-refractivity contribution in [1.82, 2.24) is 5.32 Å². The minimum atomic E-state index is 0.838. The molecule has 1 heterocycles. The first-order valence-electron chi connectivity index (χ1n) is 3.92. The molecule has 1 aliphatic rings. The Morgan fingerprint density at radius 3 is 2.82 bits per heavy atom. The van der Waals surface area contributed by atoms with Crippen molar-refractivity contribution in [3.8, 4) is 0 Å². The van der Waals surface area contributed by atoms with Crippen LogP contribution in [0.15, 0.2) is 16.4 Å². The largest absolute Gasteiger partial charge is 0.401 e. The van der Waals surface area contributed by atoms with Crippen LogP contribution in [-0.4, -0.2) is 19.3 Å². The van der Waals surface area contributed by atoms with Crippen molar-refractivity contribution in [1.29, 1.82) is 0 Å². The summed E-state index contributed by atoms with van der Waals surface area (Å²) >= 11 is 0. The molecule has 0 aromatic carbocycles. The predicted molar refractivity (Wildman–Crippen MR) is 47.5 cm³/mol. The summed E-state index contributed by atoms with van der Waals surface area (Å²) in [6, 6.07) is 0. The fourth-order valence-electron chi connectivity index (χ4n) is 1.29. The lowest BCUT2D eigenvalue weighted by Gasteiger charge is -2.19. The molecular formula is C8H15N3. The predicted octanol–water partition coefficient (Wildman–Crippen LogP) is 0.631. The third-order valence-corrected chi connectivity index (χ3v) is 1.84. The Kier molecular flexibility index (Phi) is 2.52. The van der Waals surface area contributed by atoms with E-state index in [4.69, 9.17) is 5.73 Å². The molecule has 0 atom stereocenters. The van der Waals surface area contributed by atoms with Crippen LogP contribution in [0.2, 0.25) is 0 Å². The van der Waals surface area contributed by atoms with E-state index < -0.39 is 0 Å². The van der Waals surface area contributed by atoms with Gasteiger partial charge in [-0.05, 0) is 19.8 Å². The monoisotopic (exact) mass is 153 g/mol. The van der Waals surface area contributed by atoms with Gasteiger partial charge in [0.25, 0.3) is 0 Å². The molecule has 0 aliphatic carbocycles. The molecule has 3 nitrogen and oxygen atoms in total. The van der Waals surface area contributed by atoms with Crippen molar-refractivity contribution in [2.75, 3.05) is 13.6 Å². The number of nitrogens with two attached hydrogens (primary N) is 1. The second kappa shape index (κ2) is 3.42. The van der Waals surface area contributed by atoms with Gasteiger partial charge in [-0.25, -0.2) is 0 Å². The molecule has 1 saturated heterocycles. The maximum atomic E-state index is 5.67. The lowest BCUT2D eigenvalue weighted by atomic mass is 10.1. The number of piperidine rings is 1. The number of hydrogen-bond donors (Lipinski definition) is 2. The summed E-state index contributed by atoms with van der Waals surface area (Å²) < 4.78 is 0. The highest BCUT2D eigenvalue weighted by Crippen LogP contribution is 2.09. The molecule has 0 aromatic heterocycles. The first-order chi connectivity index (χ1) is 5.25. The molecule has 0 aromatic rings. The number of allylic oxidation sites excluding steroid dienone is 2. The van der Waals surface area contributed by atoms with E-state index in [9.17, 15) is 0 Å². The van der Waals surface area contributed by atoms with Gasteiger partial charge in [0, 0.05) is 19.3 Å². The zero-order valence-electron chi connectivity index (χ0n) is 7.15. The Hall–Kier alpha value is -0.990. The van der Waals surface area contributed by atoms with Crippen LogP contribution in [0, 0.1) is 0 Å². The maximum absolute atomic E-state index is 5.67. The van der Waals surface area contributed by atoms with Gasteiger partial charge in [0.05, 0.1) is 11.4 Å². The Morgan fingerprint density at radius 2 is 2.36 bits per heavy atom. The number of nitrogens with zero attached hydrogens (tertiary/aromatic N) is 1. The molecule has 0 spiro atoms. The Bertz CT molecular complexity index is 199. The van der Waals surface area contributed by atoms with E-state index in [0.29, 0.717) is 0 Å². The van der Waals surface area contributed by atoms with Gasteiger partial charge in [0.15, 0.2) is 0 Å². The number of nitrogens with one attached hydrogen (secondary N) is 1. The molecule has 0 amide bonds. The average Bonchev–Trinajstić information content (AvgIpc) is 2.04. The van der Waals surface area contributed by atoms with Crippen LogP contribution in [0.3, 0.4) is 0 Å². The summed E-state index contributed by atoms with van der Waals surface area (Å²) in [6.07, 6.45) is 2.21. The summed E-state index contributed by atoms with van der Waals surface area (Å²) in [4.78, 5) is 4.17. The molecule has 1 fully saturated rings. The van der Waals surface area contributed by atoms with Crippen molar-refractivity contribution >= 4 is 5.71 Å². The molecule has 0 unspecified atom stereocenters. The van der Waals surface area contributed by atoms with Crippen LogP contribution in [0.25, 0.3) is 0 Å². The highest BCUT2D eigenvalue weighted by atomic mass is 14.9. The van der Waals surface area contributed by atoms with Crippen molar-refractivity contribution < 1.29 is 0 Å². The highest BCUT2D eigenvalue weighted by Gasteiger charge is 2.12. The SMILES string of the molecule is CN=C1CCCNC1=C(C)N. The van der Waals surface area contributed by atoms with Crippen molar-refractivity contribution in [3.05, 3.63) is 11.4 Å². The first kappa shape index (κ1) is 8.11. The Balaban J connectivity index is 2.84. The zero-order valence-corrected chi connectivity index (χ0v) is 7.15. The molecule has 0 radical (unpaired) electrons. The molecule has 11 heavy (non-hydrogen) atoms. The minimum absolute atomic E-state index is 0.838. The van der Waals surface area contributed by atoms with Crippen molar-refractivity contribution in [2.24, 2.45) is 10.7 Å². The van der Waals surface area contributed by atoms with Crippen LogP contribution < -0.4 is 11.1 Å². The molecular weight excluding hydrogens is 138 g/mol. The smallest absolute Gasteiger partial charge is 0.0741 e. The van der Waals surface area contributed by atoms with Crippen LogP contribution in [0.5, 0.6) is 0 Å². The van der Waals surface area contributed by atoms with E-state index in [1.165, 1.54) is 0 Å². The summed E-state index contributed by atoms with van der Waals surface area (Å²) in [5.41, 5.74) is 8.66. The van der Waals surface area contributed by atoms with E-state index in [2.05, 4.69) is 10.3 Å². The van der Waals surface area contributed by atoms with Crippen molar-refractivity contribution in [2.45, 2.75) is 19.8 Å². The topological polar surface area (TPSA) is 50.4 Å². The summed E-state index contributed by atoms with van der Waals surface area (Å²) in [5.74, 6) is 0. The van der Waals surface area contributed by atoms with Crippen molar-refractivity contribution in [3.63, 3.8) is 0 Å². The molecule has 62 valence electrons. The van der Waals surface area contributed by atoms with E-state index in [0.717, 1.165) is 36.5 Å². The van der Waals surface area contributed by atoms with E-state index in [-0.39, 0.29) is 0 Å². The standard InChI is InChI=1S/C8H15N3/c1-6(9)8-7(10-2)4-3-5-11-8/h11H,3-5,9H2,1-2H3. The minimum Gasteiger partial charge on any atom is -0.401 e. The molecule has 0 bridgehead atoms. The second-order valence-electron chi connectivity index (χ2n) is 2.76. The zero-order chi connectivity index (χ0) is 8.27. The Morgan fingerprint density at radius 1 is 1.64 bits per heavy atom. The summed E-state index contributed by atoms with van der Waals surface area (Å²) in [5, 5.41) is 3.24. The Labute approximate surface area is 67.4 Å². The lowest BCUT2D eigenvalue weighted by molar-refractivity contribution is 0.715. The van der Waals surface area contributed by atoms with E-state index in [1.807, 2.05) is 14.0 Å². The number of rotatable bonds is 0. The molecule has 3 heteroatoms. The molecule has 3 N–H and O–H groups in total. The van der Waals surface area contributed by atoms with E-state index >= 15 is 0 Å². The van der Waals surface area contributed by atoms with Gasteiger partial charge in [-0.2, -0.15) is 0 Å². The molecule has 1 rings (SSSR count). The van der Waals surface area contributed by atoms with Gasteiger partial charge in [0.2, 0.25) is 0 Å². The molecule has 0 saturated carbocycles. The third-order valence-electron chi connectivity index (χ3n) is 1.84. The van der Waals surface area contributed by atoms with Crippen LogP contribution in [-0.2, 0) is 0 Å². The van der Waals surface area contributed by atoms with Gasteiger partial charge < -0.3 is 11.1 Å². The molecule has 1 aliphatic heterocycles. The normalized spacial score (nSPS) is 26.5. The fourth-order valence-corrected chi connectivity index (χ4v) is 1.29. The number of aliphatic imine (C=N–C) groups is 1. The van der Waals surface area contributed by atoms with Crippen LogP contribution in [0.1, 0.15) is 19.8 Å². The summed E-state index contributed by atoms with van der Waals surface area (Å²) in [6.45, 7) is 2.92. The van der Waals surface area contributed by atoms with Gasteiger partial charge in [-0.1, -0.05) is 0 Å². The quantitative estimate of drug-likeness (QED) is 0.536. The van der Waals surface area contributed by atoms with Gasteiger partial charge in [0.1, 0.15) is 0 Å². The lowest BCUT2D eigenvalue weighted by Crippen LogP contribution is -2.30. The highest BCUT2D eigenvalue weighted by molar-refractivity contribution is 6.00. The average molecular weight is 153 g/mol. The summed E-state index contributed by atoms with van der Waals surface area (Å²) in [7, 11) is 1.81. The van der Waals surface area contributed by atoms with Crippen LogP contribution >= 0.6 is 0 Å². The third kappa shape index (κ3) is 1.73. The van der Waals surface area contributed by atoms with Gasteiger partial charge in [-0.15, -0.1) is 0 Å². The van der Waals surface area contributed by atoms with Crippen LogP contribution in [0.4, 0.5) is 0 Å². The first-order valence-corrected chi connectivity index (χ1v) is 3.92. The van der Waals surface area contributed by atoms with Gasteiger partial charge >= 0.3 is 0 Å². The maximum Gasteiger partial charge on any atom is 0.0741 e.